The van der Waals surface area contributed by atoms with Crippen LogP contribution in [0.5, 0.6) is 0 Å². The Kier molecular flexibility index (Phi) is 6.03. The van der Waals surface area contributed by atoms with Gasteiger partial charge in [-0.2, -0.15) is 0 Å². The molecule has 0 saturated heterocycles. The second kappa shape index (κ2) is 10.6. The molecule has 0 amide bonds. The van der Waals surface area contributed by atoms with E-state index in [1.54, 1.807) is 0 Å². The standard InChI is InChI=1S/C40H25N5O/c1-4-12-26(13-5-1)37-42-38(27-14-6-2-7-15-27)44-39(43-37)28-20-22-35-31(24-28)32-25-29(21-23-36(32)46-35)40-41-33-18-10-11-19-34(33)45(40)30-16-8-3-9-17-30/h1-25H. The van der Waals surface area contributed by atoms with Crippen LogP contribution in [0.4, 0.5) is 0 Å². The van der Waals surface area contributed by atoms with Gasteiger partial charge in [0.1, 0.15) is 17.0 Å². The third-order valence-electron chi connectivity index (χ3n) is 8.26. The molecule has 9 rings (SSSR count). The zero-order valence-electron chi connectivity index (χ0n) is 24.6. The zero-order chi connectivity index (χ0) is 30.5. The minimum Gasteiger partial charge on any atom is -0.456 e. The maximum Gasteiger partial charge on any atom is 0.164 e. The van der Waals surface area contributed by atoms with Gasteiger partial charge in [0.25, 0.3) is 0 Å². The number of hydrogen-bond donors (Lipinski definition) is 0. The Bertz CT molecular complexity index is 2460. The van der Waals surface area contributed by atoms with Crippen LogP contribution in [0.1, 0.15) is 0 Å². The monoisotopic (exact) mass is 591 g/mol. The number of furan rings is 1. The number of hydrogen-bond acceptors (Lipinski definition) is 5. The van der Waals surface area contributed by atoms with E-state index in [9.17, 15) is 0 Å². The van der Waals surface area contributed by atoms with Crippen molar-refractivity contribution in [2.45, 2.75) is 0 Å². The normalized spacial score (nSPS) is 11.5. The van der Waals surface area contributed by atoms with Crippen LogP contribution >= 0.6 is 0 Å². The molecular formula is C40H25N5O. The van der Waals surface area contributed by atoms with Gasteiger partial charge in [0.05, 0.1) is 11.0 Å². The number of para-hydroxylation sites is 3. The molecule has 6 aromatic carbocycles. The Hall–Kier alpha value is -6.40. The molecule has 3 aromatic heterocycles. The molecule has 0 spiro atoms. The molecular weight excluding hydrogens is 566 g/mol. The van der Waals surface area contributed by atoms with Gasteiger partial charge in [0.2, 0.25) is 0 Å². The number of nitrogens with zero attached hydrogens (tertiary/aromatic N) is 5. The SMILES string of the molecule is c1ccc(-c2nc(-c3ccccc3)nc(-c3ccc4oc5ccc(-c6nc7ccccc7n6-c6ccccc6)cc5c4c3)n2)cc1. The Balaban J connectivity index is 1.22. The number of imidazole rings is 1. The fourth-order valence-electron chi connectivity index (χ4n) is 6.05. The van der Waals surface area contributed by atoms with Gasteiger partial charge in [0.15, 0.2) is 17.5 Å². The number of benzene rings is 6. The summed E-state index contributed by atoms with van der Waals surface area (Å²) in [5.41, 5.74) is 8.42. The predicted molar refractivity (Wildman–Crippen MR) is 183 cm³/mol. The van der Waals surface area contributed by atoms with Gasteiger partial charge in [-0.1, -0.05) is 91.0 Å². The van der Waals surface area contributed by atoms with Crippen molar-refractivity contribution < 1.29 is 4.42 Å². The molecule has 0 bridgehead atoms. The molecule has 6 nitrogen and oxygen atoms in total. The number of rotatable bonds is 5. The summed E-state index contributed by atoms with van der Waals surface area (Å²) < 4.78 is 8.53. The molecule has 0 N–H and O–H groups in total. The predicted octanol–water partition coefficient (Wildman–Crippen LogP) is 9.78. The fourth-order valence-corrected chi connectivity index (χ4v) is 6.05. The molecule has 0 aliphatic carbocycles. The van der Waals surface area contributed by atoms with E-state index in [1.807, 2.05) is 91.0 Å². The van der Waals surface area contributed by atoms with Gasteiger partial charge >= 0.3 is 0 Å². The van der Waals surface area contributed by atoms with Crippen molar-refractivity contribution in [2.75, 3.05) is 0 Å². The number of fused-ring (bicyclic) bond motifs is 4. The maximum absolute atomic E-state index is 6.31. The third kappa shape index (κ3) is 4.43. The lowest BCUT2D eigenvalue weighted by Gasteiger charge is -2.09. The summed E-state index contributed by atoms with van der Waals surface area (Å²) in [6.07, 6.45) is 0. The molecule has 0 aliphatic heterocycles. The van der Waals surface area contributed by atoms with Crippen LogP contribution in [0, 0.1) is 0 Å². The molecule has 0 fully saturated rings. The Morgan fingerprint density at radius 3 is 1.54 bits per heavy atom. The summed E-state index contributed by atoms with van der Waals surface area (Å²) >= 11 is 0. The Labute approximate surface area is 264 Å². The van der Waals surface area contributed by atoms with Crippen LogP contribution in [-0.2, 0) is 0 Å². The van der Waals surface area contributed by atoms with E-state index in [0.717, 1.165) is 66.7 Å². The molecule has 0 aliphatic rings. The topological polar surface area (TPSA) is 69.6 Å². The van der Waals surface area contributed by atoms with Gasteiger partial charge in [-0.15, -0.1) is 0 Å². The van der Waals surface area contributed by atoms with Crippen LogP contribution < -0.4 is 0 Å². The van der Waals surface area contributed by atoms with Crippen LogP contribution in [0.15, 0.2) is 156 Å². The highest BCUT2D eigenvalue weighted by Crippen LogP contribution is 2.36. The number of aromatic nitrogens is 5. The van der Waals surface area contributed by atoms with Gasteiger partial charge in [0, 0.05) is 38.7 Å². The first kappa shape index (κ1) is 26.0. The molecule has 0 saturated carbocycles. The van der Waals surface area contributed by atoms with E-state index in [1.165, 1.54) is 0 Å². The summed E-state index contributed by atoms with van der Waals surface area (Å²) in [5, 5.41) is 1.99. The molecule has 216 valence electrons. The van der Waals surface area contributed by atoms with E-state index >= 15 is 0 Å². The van der Waals surface area contributed by atoms with E-state index in [-0.39, 0.29) is 0 Å². The second-order valence-electron chi connectivity index (χ2n) is 11.2. The molecule has 0 radical (unpaired) electrons. The second-order valence-corrected chi connectivity index (χ2v) is 11.2. The fraction of sp³-hybridized carbons (Fsp3) is 0. The van der Waals surface area contributed by atoms with Crippen LogP contribution in [-0.4, -0.2) is 24.5 Å². The van der Waals surface area contributed by atoms with E-state index < -0.39 is 0 Å². The van der Waals surface area contributed by atoms with Crippen LogP contribution in [0.3, 0.4) is 0 Å². The van der Waals surface area contributed by atoms with Crippen molar-refractivity contribution in [3.63, 3.8) is 0 Å². The first-order valence-electron chi connectivity index (χ1n) is 15.2. The van der Waals surface area contributed by atoms with Crippen molar-refractivity contribution in [1.82, 2.24) is 24.5 Å². The summed E-state index contributed by atoms with van der Waals surface area (Å²) in [7, 11) is 0. The highest BCUT2D eigenvalue weighted by atomic mass is 16.3. The summed E-state index contributed by atoms with van der Waals surface area (Å²) in [5.74, 6) is 2.73. The van der Waals surface area contributed by atoms with E-state index in [2.05, 4.69) is 65.2 Å². The minimum absolute atomic E-state index is 0.603. The van der Waals surface area contributed by atoms with E-state index in [0.29, 0.717) is 17.5 Å². The van der Waals surface area contributed by atoms with Crippen molar-refractivity contribution in [1.29, 1.82) is 0 Å². The highest BCUT2D eigenvalue weighted by Gasteiger charge is 2.18. The lowest BCUT2D eigenvalue weighted by atomic mass is 10.1. The van der Waals surface area contributed by atoms with Gasteiger partial charge < -0.3 is 4.42 Å². The van der Waals surface area contributed by atoms with E-state index in [4.69, 9.17) is 24.4 Å². The first-order valence-corrected chi connectivity index (χ1v) is 15.2. The van der Waals surface area contributed by atoms with Crippen molar-refractivity contribution in [2.24, 2.45) is 0 Å². The Morgan fingerprint density at radius 2 is 0.913 bits per heavy atom. The molecule has 3 heterocycles. The molecule has 0 unspecified atom stereocenters. The van der Waals surface area contributed by atoms with Crippen molar-refractivity contribution >= 4 is 33.0 Å². The average molecular weight is 592 g/mol. The zero-order valence-corrected chi connectivity index (χ0v) is 24.6. The first-order chi connectivity index (χ1) is 22.8. The van der Waals surface area contributed by atoms with Crippen molar-refractivity contribution in [3.05, 3.63) is 152 Å². The lowest BCUT2D eigenvalue weighted by Crippen LogP contribution is -2.00. The smallest absolute Gasteiger partial charge is 0.164 e. The Morgan fingerprint density at radius 1 is 0.413 bits per heavy atom. The molecule has 9 aromatic rings. The lowest BCUT2D eigenvalue weighted by molar-refractivity contribution is 0.669. The van der Waals surface area contributed by atoms with Crippen LogP contribution in [0.2, 0.25) is 0 Å². The molecule has 0 atom stereocenters. The maximum atomic E-state index is 6.31. The quantitative estimate of drug-likeness (QED) is 0.199. The average Bonchev–Trinajstić information content (AvgIpc) is 3.70. The van der Waals surface area contributed by atoms with Gasteiger partial charge in [-0.3, -0.25) is 4.57 Å². The summed E-state index contributed by atoms with van der Waals surface area (Å²) in [4.78, 5) is 19.8. The molecule has 6 heteroatoms. The largest absolute Gasteiger partial charge is 0.456 e. The van der Waals surface area contributed by atoms with Crippen LogP contribution in [0.25, 0.3) is 84.2 Å². The van der Waals surface area contributed by atoms with Crippen molar-refractivity contribution in [3.8, 4) is 51.2 Å². The third-order valence-corrected chi connectivity index (χ3v) is 8.26. The summed E-state index contributed by atoms with van der Waals surface area (Å²) in [6.45, 7) is 0. The highest BCUT2D eigenvalue weighted by molar-refractivity contribution is 6.07. The molecule has 46 heavy (non-hydrogen) atoms. The minimum atomic E-state index is 0.603. The summed E-state index contributed by atoms with van der Waals surface area (Å²) in [6, 6.07) is 51.0. The van der Waals surface area contributed by atoms with Gasteiger partial charge in [-0.25, -0.2) is 19.9 Å². The van der Waals surface area contributed by atoms with Gasteiger partial charge in [-0.05, 0) is 60.7 Å².